The van der Waals surface area contributed by atoms with E-state index in [0.29, 0.717) is 32.1 Å². The highest BCUT2D eigenvalue weighted by molar-refractivity contribution is 5.98. The van der Waals surface area contributed by atoms with Crippen molar-refractivity contribution in [3.8, 4) is 0 Å². The quantitative estimate of drug-likeness (QED) is 0.205. The monoisotopic (exact) mass is 790 g/mol. The van der Waals surface area contributed by atoms with Crippen molar-refractivity contribution < 1.29 is 43.8 Å². The van der Waals surface area contributed by atoms with Crippen LogP contribution in [-0.4, -0.2) is 153 Å². The van der Waals surface area contributed by atoms with Gasteiger partial charge in [0, 0.05) is 27.7 Å². The summed E-state index contributed by atoms with van der Waals surface area (Å²) in [7, 11) is 4.18. The van der Waals surface area contributed by atoms with Gasteiger partial charge in [-0.15, -0.1) is 6.58 Å². The summed E-state index contributed by atoms with van der Waals surface area (Å²) in [5, 5.41) is 31.0. The van der Waals surface area contributed by atoms with Gasteiger partial charge >= 0.3 is 0 Å². The number of amides is 7. The molecule has 3 aliphatic rings. The maximum absolute atomic E-state index is 14.2. The van der Waals surface area contributed by atoms with Crippen molar-refractivity contribution in [3.05, 3.63) is 12.7 Å². The molecule has 11 atom stereocenters. The van der Waals surface area contributed by atoms with Crippen molar-refractivity contribution in [2.45, 2.75) is 148 Å². The van der Waals surface area contributed by atoms with E-state index in [1.54, 1.807) is 26.8 Å². The maximum Gasteiger partial charge on any atom is 0.246 e. The van der Waals surface area contributed by atoms with Crippen LogP contribution in [0.2, 0.25) is 0 Å². The number of allylic oxidation sites excluding steroid dienone is 1. The minimum Gasteiger partial charge on any atom is -0.390 e. The highest BCUT2D eigenvalue weighted by Gasteiger charge is 2.46. The molecule has 2 saturated heterocycles. The number of rotatable bonds is 9. The third-order valence-corrected chi connectivity index (χ3v) is 12.1. The third-order valence-electron chi connectivity index (χ3n) is 12.1. The molecule has 0 aromatic heterocycles. The number of nitrogens with zero attached hydrogens (tertiary/aromatic N) is 4. The molecule has 0 radical (unpaired) electrons. The third kappa shape index (κ3) is 10.7. The van der Waals surface area contributed by atoms with E-state index < -0.39 is 108 Å². The minimum atomic E-state index is -1.48. The van der Waals surface area contributed by atoms with E-state index in [0.717, 1.165) is 4.90 Å². The lowest BCUT2D eigenvalue weighted by atomic mass is 9.95. The fourth-order valence-corrected chi connectivity index (χ4v) is 7.38. The molecule has 2 unspecified atom stereocenters. The molecule has 16 heteroatoms. The van der Waals surface area contributed by atoms with Crippen molar-refractivity contribution >= 4 is 41.4 Å². The number of hydrogen-bond donors (Lipinski definition) is 5. The molecule has 5 N–H and O–H groups in total. The summed E-state index contributed by atoms with van der Waals surface area (Å²) < 4.78 is 0. The van der Waals surface area contributed by atoms with Crippen molar-refractivity contribution in [2.24, 2.45) is 23.7 Å². The van der Waals surface area contributed by atoms with Gasteiger partial charge in [0.25, 0.3) is 0 Å². The van der Waals surface area contributed by atoms with Gasteiger partial charge in [0.15, 0.2) is 0 Å². The molecule has 0 bridgehead atoms. The molecule has 1 saturated carbocycles. The average molecular weight is 790 g/mol. The normalized spacial score (nSPS) is 30.8. The molecule has 3 rings (SSSR count). The lowest BCUT2D eigenvalue weighted by Crippen LogP contribution is -2.63. The van der Waals surface area contributed by atoms with Gasteiger partial charge in [-0.2, -0.15) is 0 Å². The lowest BCUT2D eigenvalue weighted by Gasteiger charge is -2.39. The van der Waals surface area contributed by atoms with Crippen molar-refractivity contribution in [2.75, 3.05) is 27.7 Å². The number of aliphatic hydroxyl groups excluding tert-OH is 2. The Bertz CT molecular complexity index is 1470. The predicted molar refractivity (Wildman–Crippen MR) is 209 cm³/mol. The Labute approximate surface area is 332 Å². The van der Waals surface area contributed by atoms with Gasteiger partial charge in [0.1, 0.15) is 42.3 Å². The van der Waals surface area contributed by atoms with Crippen LogP contribution in [0.15, 0.2) is 12.7 Å². The van der Waals surface area contributed by atoms with Crippen LogP contribution in [0, 0.1) is 23.7 Å². The second-order valence-corrected chi connectivity index (χ2v) is 16.6. The number of aliphatic hydroxyl groups is 2. The summed E-state index contributed by atoms with van der Waals surface area (Å²) in [6, 6.07) is -8.56. The van der Waals surface area contributed by atoms with Gasteiger partial charge in [0.2, 0.25) is 41.4 Å². The number of carbonyl (C=O) groups is 7. The van der Waals surface area contributed by atoms with Gasteiger partial charge in [-0.05, 0) is 76.0 Å². The number of piperidine rings is 1. The van der Waals surface area contributed by atoms with E-state index in [2.05, 4.69) is 22.5 Å². The van der Waals surface area contributed by atoms with Crippen LogP contribution in [0.3, 0.4) is 0 Å². The van der Waals surface area contributed by atoms with Crippen molar-refractivity contribution in [3.63, 3.8) is 0 Å². The molecule has 0 aromatic rings. The van der Waals surface area contributed by atoms with Crippen LogP contribution in [-0.2, 0) is 33.6 Å². The fourth-order valence-electron chi connectivity index (χ4n) is 7.38. The van der Waals surface area contributed by atoms with Crippen LogP contribution in [0.25, 0.3) is 0 Å². The Morgan fingerprint density at radius 3 is 1.86 bits per heavy atom. The molecule has 2 aliphatic heterocycles. The second kappa shape index (κ2) is 19.9. The molecule has 56 heavy (non-hydrogen) atoms. The van der Waals surface area contributed by atoms with E-state index in [9.17, 15) is 43.8 Å². The van der Waals surface area contributed by atoms with Gasteiger partial charge in [0.05, 0.1) is 12.2 Å². The molecule has 0 spiro atoms. The first-order valence-electron chi connectivity index (χ1n) is 20.2. The van der Waals surface area contributed by atoms with Crippen LogP contribution < -0.4 is 16.0 Å². The van der Waals surface area contributed by atoms with Crippen LogP contribution in [0.1, 0.15) is 93.4 Å². The molecule has 7 amide bonds. The number of likely N-dealkylation sites (N-methyl/N-ethyl adjacent to an activating group) is 3. The van der Waals surface area contributed by atoms with E-state index in [1.807, 2.05) is 13.8 Å². The number of hydrogen-bond acceptors (Lipinski definition) is 9. The van der Waals surface area contributed by atoms with Crippen LogP contribution in [0.4, 0.5) is 0 Å². The lowest BCUT2D eigenvalue weighted by molar-refractivity contribution is -0.153. The zero-order valence-corrected chi connectivity index (χ0v) is 35.0. The minimum absolute atomic E-state index is 0.0899. The first-order chi connectivity index (χ1) is 26.2. The number of fused-ring (bicyclic) bond motifs is 1. The summed E-state index contributed by atoms with van der Waals surface area (Å²) >= 11 is 0. The van der Waals surface area contributed by atoms with Crippen molar-refractivity contribution in [1.82, 2.24) is 35.6 Å². The second-order valence-electron chi connectivity index (χ2n) is 16.6. The molecular formula is C40H67N7O9. The smallest absolute Gasteiger partial charge is 0.246 e. The zero-order valence-electron chi connectivity index (χ0n) is 35.0. The number of nitrogens with one attached hydrogen (secondary N) is 3. The molecule has 3 fully saturated rings. The molecule has 2 heterocycles. The van der Waals surface area contributed by atoms with E-state index in [1.165, 1.54) is 49.7 Å². The van der Waals surface area contributed by atoms with Crippen LogP contribution >= 0.6 is 0 Å². The summed E-state index contributed by atoms with van der Waals surface area (Å²) in [5.41, 5.74) is 0. The Kier molecular flexibility index (Phi) is 16.5. The van der Waals surface area contributed by atoms with Gasteiger partial charge in [-0.25, -0.2) is 0 Å². The Balaban J connectivity index is 2.19. The van der Waals surface area contributed by atoms with E-state index in [-0.39, 0.29) is 31.2 Å². The maximum atomic E-state index is 14.2. The van der Waals surface area contributed by atoms with Crippen LogP contribution in [0.5, 0.6) is 0 Å². The van der Waals surface area contributed by atoms with E-state index >= 15 is 0 Å². The molecule has 1 aliphatic carbocycles. The standard InChI is InChI=1S/C40H67N7O9/c1-12-22(5)20-27-39(55)44(9)25(8)38(54)47-19-15-14-16-28(47)34(50)43-30(33(49)26-17-18-26)35(51)42-29(23(6)13-2)40(56)45(10)24(7)37(53)46(11)31(36(52)41-27)32(48)21(3)4/h12,21-33,48-49H,1,13-20H2,2-11H3,(H,41,52)(H,42,51)(H,43,50)/t22-,23-,24-,25-,27-,28+,29?,30?,31-,32+,33+/m0/s1. The van der Waals surface area contributed by atoms with Gasteiger partial charge < -0.3 is 45.8 Å². The summed E-state index contributed by atoms with van der Waals surface area (Å²) in [6.45, 7) is 15.8. The van der Waals surface area contributed by atoms with Gasteiger partial charge in [-0.3, -0.25) is 33.6 Å². The van der Waals surface area contributed by atoms with Gasteiger partial charge in [-0.1, -0.05) is 47.1 Å². The summed E-state index contributed by atoms with van der Waals surface area (Å²) in [6.07, 6.45) is 2.30. The van der Waals surface area contributed by atoms with Crippen molar-refractivity contribution in [1.29, 1.82) is 0 Å². The predicted octanol–water partition coefficient (Wildman–Crippen LogP) is 0.402. The molecule has 316 valence electrons. The average Bonchev–Trinajstić information content (AvgIpc) is 4.04. The highest BCUT2D eigenvalue weighted by Crippen LogP contribution is 2.34. The summed E-state index contributed by atoms with van der Waals surface area (Å²) in [5.74, 6) is -6.14. The Hall–Kier alpha value is -4.05. The largest absolute Gasteiger partial charge is 0.390 e. The molecular weight excluding hydrogens is 722 g/mol. The fraction of sp³-hybridized carbons (Fsp3) is 0.775. The first kappa shape index (κ1) is 46.3. The Morgan fingerprint density at radius 2 is 1.30 bits per heavy atom. The topological polar surface area (TPSA) is 209 Å². The Morgan fingerprint density at radius 1 is 0.732 bits per heavy atom. The SMILES string of the molecule is C=C[C@H](C)C[C@@H]1NC(=O)[C@H]([C@H](O)C(C)C)N(C)C(=O)[C@H](C)N(C)C(=O)C([C@@H](C)CC)NC(=O)C([C@H](O)C2CC2)NC(=O)[C@H]2CCCCN2C(=O)[C@H](C)N(C)C1=O. The highest BCUT2D eigenvalue weighted by atomic mass is 16.3. The molecule has 16 nitrogen and oxygen atoms in total. The number of carbonyl (C=O) groups excluding carboxylic acids is 7. The molecule has 0 aromatic carbocycles. The zero-order chi connectivity index (χ0) is 42.3. The van der Waals surface area contributed by atoms with E-state index in [4.69, 9.17) is 0 Å². The summed E-state index contributed by atoms with van der Waals surface area (Å²) in [4.78, 5) is 104. The first-order valence-corrected chi connectivity index (χ1v) is 20.2.